The molecule has 0 bridgehead atoms. The molecular weight excluding hydrogens is 250 g/mol. The maximum atomic E-state index is 3.98. The van der Waals surface area contributed by atoms with Gasteiger partial charge >= 0.3 is 0 Å². The second kappa shape index (κ2) is 5.57. The largest absolute Gasteiger partial charge is 0.307 e. The van der Waals surface area contributed by atoms with Gasteiger partial charge in [-0.2, -0.15) is 0 Å². The van der Waals surface area contributed by atoms with Crippen LogP contribution < -0.4 is 5.32 Å². The van der Waals surface area contributed by atoms with E-state index in [1.165, 1.54) is 51.4 Å². The summed E-state index contributed by atoms with van der Waals surface area (Å²) in [5.41, 5.74) is 2.18. The van der Waals surface area contributed by atoms with Crippen molar-refractivity contribution in [1.82, 2.24) is 5.32 Å². The molecule has 2 unspecified atom stereocenters. The topological polar surface area (TPSA) is 12.0 Å². The fourth-order valence-electron chi connectivity index (χ4n) is 3.77. The molecule has 0 aliphatic heterocycles. The first-order valence-corrected chi connectivity index (χ1v) is 8.84. The zero-order valence-electron chi connectivity index (χ0n) is 12.4. The van der Waals surface area contributed by atoms with Gasteiger partial charge in [-0.3, -0.25) is 0 Å². The Morgan fingerprint density at radius 2 is 2.05 bits per heavy atom. The molecule has 1 aromatic rings. The molecule has 2 heteroatoms. The van der Waals surface area contributed by atoms with Gasteiger partial charge in [0.05, 0.1) is 0 Å². The quantitative estimate of drug-likeness (QED) is 0.744. The standard InChI is InChI=1S/C17H27NS/c1-17(2)10-4-5-13(8-11-17)18-15-6-3-7-16-14(15)9-12-19-16/h9,12-13,15,18H,3-8,10-11H2,1-2H3. The summed E-state index contributed by atoms with van der Waals surface area (Å²) in [4.78, 5) is 1.64. The van der Waals surface area contributed by atoms with Crippen molar-refractivity contribution in [3.05, 3.63) is 21.9 Å². The molecule has 106 valence electrons. The molecule has 1 aromatic heterocycles. The molecule has 0 aromatic carbocycles. The molecule has 1 heterocycles. The normalized spacial score (nSPS) is 30.6. The van der Waals surface area contributed by atoms with Crippen LogP contribution in [0.4, 0.5) is 0 Å². The summed E-state index contributed by atoms with van der Waals surface area (Å²) < 4.78 is 0. The Balaban J connectivity index is 1.63. The monoisotopic (exact) mass is 277 g/mol. The third-order valence-corrected chi connectivity index (χ3v) is 6.06. The first kappa shape index (κ1) is 13.6. The lowest BCUT2D eigenvalue weighted by molar-refractivity contribution is 0.304. The van der Waals surface area contributed by atoms with Crippen molar-refractivity contribution >= 4 is 11.3 Å². The zero-order chi connectivity index (χ0) is 13.3. The Morgan fingerprint density at radius 1 is 1.16 bits per heavy atom. The third-order valence-electron chi connectivity index (χ3n) is 5.06. The van der Waals surface area contributed by atoms with Crippen LogP contribution in [0.25, 0.3) is 0 Å². The number of aryl methyl sites for hydroxylation is 1. The highest BCUT2D eigenvalue weighted by atomic mass is 32.1. The van der Waals surface area contributed by atoms with E-state index < -0.39 is 0 Å². The van der Waals surface area contributed by atoms with Gasteiger partial charge in [0.1, 0.15) is 0 Å². The molecule has 2 aliphatic carbocycles. The molecule has 1 N–H and O–H groups in total. The minimum Gasteiger partial charge on any atom is -0.307 e. The second-order valence-corrected chi connectivity index (χ2v) is 8.20. The van der Waals surface area contributed by atoms with Crippen molar-refractivity contribution in [2.75, 3.05) is 0 Å². The number of hydrogen-bond donors (Lipinski definition) is 1. The van der Waals surface area contributed by atoms with Gasteiger partial charge in [0, 0.05) is 17.0 Å². The smallest absolute Gasteiger partial charge is 0.0333 e. The van der Waals surface area contributed by atoms with Gasteiger partial charge < -0.3 is 5.32 Å². The summed E-state index contributed by atoms with van der Waals surface area (Å²) in [5, 5.41) is 6.26. The fourth-order valence-corrected chi connectivity index (χ4v) is 4.76. The summed E-state index contributed by atoms with van der Waals surface area (Å²) >= 11 is 1.96. The lowest BCUT2D eigenvalue weighted by Gasteiger charge is -2.29. The van der Waals surface area contributed by atoms with Crippen molar-refractivity contribution < 1.29 is 0 Å². The van der Waals surface area contributed by atoms with Crippen LogP contribution >= 0.6 is 11.3 Å². The van der Waals surface area contributed by atoms with Crippen molar-refractivity contribution in [1.29, 1.82) is 0 Å². The minimum absolute atomic E-state index is 0.566. The van der Waals surface area contributed by atoms with Crippen molar-refractivity contribution in [2.24, 2.45) is 5.41 Å². The summed E-state index contributed by atoms with van der Waals surface area (Å²) in [5.74, 6) is 0. The molecule has 3 rings (SSSR count). The van der Waals surface area contributed by atoms with Gasteiger partial charge in [-0.25, -0.2) is 0 Å². The van der Waals surface area contributed by atoms with E-state index in [9.17, 15) is 0 Å². The van der Waals surface area contributed by atoms with E-state index in [0.29, 0.717) is 11.5 Å². The molecular formula is C17H27NS. The molecule has 0 radical (unpaired) electrons. The van der Waals surface area contributed by atoms with E-state index in [1.54, 1.807) is 10.4 Å². The van der Waals surface area contributed by atoms with Crippen molar-refractivity contribution in [3.63, 3.8) is 0 Å². The lowest BCUT2D eigenvalue weighted by Crippen LogP contribution is -2.34. The molecule has 19 heavy (non-hydrogen) atoms. The Hall–Kier alpha value is -0.340. The fraction of sp³-hybridized carbons (Fsp3) is 0.765. The van der Waals surface area contributed by atoms with E-state index >= 15 is 0 Å². The molecule has 1 fully saturated rings. The van der Waals surface area contributed by atoms with Gasteiger partial charge in [0.25, 0.3) is 0 Å². The Morgan fingerprint density at radius 3 is 2.95 bits per heavy atom. The number of thiophene rings is 1. The average Bonchev–Trinajstić information content (AvgIpc) is 2.78. The summed E-state index contributed by atoms with van der Waals surface area (Å²) in [6.07, 6.45) is 10.9. The van der Waals surface area contributed by atoms with E-state index in [0.717, 1.165) is 6.04 Å². The maximum Gasteiger partial charge on any atom is 0.0333 e. The Kier molecular flexibility index (Phi) is 4.00. The van der Waals surface area contributed by atoms with E-state index in [1.807, 2.05) is 11.3 Å². The third kappa shape index (κ3) is 3.22. The first-order valence-electron chi connectivity index (χ1n) is 7.96. The Labute approximate surface area is 121 Å². The highest BCUT2D eigenvalue weighted by molar-refractivity contribution is 7.10. The van der Waals surface area contributed by atoms with Crippen LogP contribution in [0.5, 0.6) is 0 Å². The summed E-state index contributed by atoms with van der Waals surface area (Å²) in [7, 11) is 0. The summed E-state index contributed by atoms with van der Waals surface area (Å²) in [6, 6.07) is 3.75. The van der Waals surface area contributed by atoms with Crippen LogP contribution in [0.3, 0.4) is 0 Å². The van der Waals surface area contributed by atoms with Gasteiger partial charge in [-0.15, -0.1) is 11.3 Å². The molecule has 1 saturated carbocycles. The predicted molar refractivity (Wildman–Crippen MR) is 83.8 cm³/mol. The first-order chi connectivity index (χ1) is 9.14. The molecule has 1 nitrogen and oxygen atoms in total. The average molecular weight is 277 g/mol. The summed E-state index contributed by atoms with van der Waals surface area (Å²) in [6.45, 7) is 4.87. The SMILES string of the molecule is CC1(C)CCCC(NC2CCCc3sccc32)CC1. The Bertz CT molecular complexity index is 421. The van der Waals surface area contributed by atoms with Crippen LogP contribution in [0.15, 0.2) is 11.4 Å². The number of nitrogens with one attached hydrogen (secondary N) is 1. The highest BCUT2D eigenvalue weighted by Gasteiger charge is 2.27. The van der Waals surface area contributed by atoms with Crippen LogP contribution in [-0.4, -0.2) is 6.04 Å². The maximum absolute atomic E-state index is 3.98. The highest BCUT2D eigenvalue weighted by Crippen LogP contribution is 2.37. The minimum atomic E-state index is 0.566. The van der Waals surface area contributed by atoms with E-state index in [-0.39, 0.29) is 0 Å². The molecule has 2 atom stereocenters. The van der Waals surface area contributed by atoms with Crippen LogP contribution in [-0.2, 0) is 6.42 Å². The molecule has 2 aliphatic rings. The van der Waals surface area contributed by atoms with Crippen molar-refractivity contribution in [2.45, 2.75) is 77.3 Å². The van der Waals surface area contributed by atoms with Crippen LogP contribution in [0, 0.1) is 5.41 Å². The number of hydrogen-bond acceptors (Lipinski definition) is 2. The van der Waals surface area contributed by atoms with Crippen LogP contribution in [0.2, 0.25) is 0 Å². The van der Waals surface area contributed by atoms with E-state index in [4.69, 9.17) is 0 Å². The second-order valence-electron chi connectivity index (χ2n) is 7.20. The van der Waals surface area contributed by atoms with Crippen molar-refractivity contribution in [3.8, 4) is 0 Å². The predicted octanol–water partition coefficient (Wildman–Crippen LogP) is 5.07. The van der Waals surface area contributed by atoms with Gasteiger partial charge in [-0.1, -0.05) is 20.3 Å². The van der Waals surface area contributed by atoms with Crippen LogP contribution in [0.1, 0.15) is 75.3 Å². The molecule has 0 saturated heterocycles. The number of rotatable bonds is 2. The molecule has 0 spiro atoms. The number of fused-ring (bicyclic) bond motifs is 1. The van der Waals surface area contributed by atoms with Gasteiger partial charge in [0.15, 0.2) is 0 Å². The lowest BCUT2D eigenvalue weighted by atomic mass is 9.85. The van der Waals surface area contributed by atoms with Gasteiger partial charge in [0.2, 0.25) is 0 Å². The molecule has 0 amide bonds. The van der Waals surface area contributed by atoms with Gasteiger partial charge in [-0.05, 0) is 67.4 Å². The zero-order valence-corrected chi connectivity index (χ0v) is 13.2. The van der Waals surface area contributed by atoms with E-state index in [2.05, 4.69) is 30.6 Å².